The Morgan fingerprint density at radius 2 is 1.63 bits per heavy atom. The molecule has 1 aliphatic rings. The van der Waals surface area contributed by atoms with Gasteiger partial charge in [-0.1, -0.05) is 47.5 Å². The second kappa shape index (κ2) is 7.98. The van der Waals surface area contributed by atoms with Crippen molar-refractivity contribution in [3.63, 3.8) is 0 Å². The second-order valence-corrected chi connectivity index (χ2v) is 9.08. The molecule has 1 saturated heterocycles. The fourth-order valence-electron chi connectivity index (χ4n) is 2.53. The first kappa shape index (κ1) is 19.8. The van der Waals surface area contributed by atoms with Crippen LogP contribution in [0.15, 0.2) is 54.7 Å². The Bertz CT molecular complexity index is 1020. The van der Waals surface area contributed by atoms with Crippen molar-refractivity contribution in [2.75, 3.05) is 6.54 Å². The van der Waals surface area contributed by atoms with Crippen molar-refractivity contribution in [2.24, 2.45) is 0 Å². The van der Waals surface area contributed by atoms with E-state index in [0.29, 0.717) is 21.2 Å². The first-order valence-electron chi connectivity index (χ1n) is 7.80. The predicted octanol–water partition coefficient (Wildman–Crippen LogP) is 3.62. The Labute approximate surface area is 172 Å². The number of thiocarbonyl (C=S) groups is 1. The number of carbonyl (C=O) groups excluding carboxylic acids is 1. The molecule has 0 aliphatic carbocycles. The third-order valence-electron chi connectivity index (χ3n) is 3.83. The zero-order valence-electron chi connectivity index (χ0n) is 13.9. The van der Waals surface area contributed by atoms with Gasteiger partial charge in [0.25, 0.3) is 0 Å². The maximum absolute atomic E-state index is 13.1. The lowest BCUT2D eigenvalue weighted by Gasteiger charge is -2.15. The summed E-state index contributed by atoms with van der Waals surface area (Å²) < 4.78 is 26.3. The highest BCUT2D eigenvalue weighted by Crippen LogP contribution is 2.27. The number of rotatable bonds is 5. The van der Waals surface area contributed by atoms with E-state index in [1.165, 1.54) is 11.1 Å². The zero-order chi connectivity index (χ0) is 19.6. The van der Waals surface area contributed by atoms with E-state index in [1.54, 1.807) is 48.5 Å². The maximum Gasteiger partial charge on any atom is 0.246 e. The van der Waals surface area contributed by atoms with Crippen molar-refractivity contribution in [1.82, 2.24) is 10.2 Å². The van der Waals surface area contributed by atoms with E-state index < -0.39 is 9.84 Å². The summed E-state index contributed by atoms with van der Waals surface area (Å²) in [5.41, 5.74) is 1.05. The Hall–Kier alpha value is -1.93. The lowest BCUT2D eigenvalue weighted by molar-refractivity contribution is -0.118. The van der Waals surface area contributed by atoms with Crippen LogP contribution in [0.1, 0.15) is 11.1 Å². The standard InChI is InChI=1S/C18H14Cl2N2O3S2/c19-14-5-1-12(2-6-14)11-27(24,25)16(13-3-7-15(20)8-4-13)9-22-10-17(23)21-18(22)26/h1-9H,10-11H2,(H,21,23,26)/b16-9+. The number of nitrogens with one attached hydrogen (secondary N) is 1. The molecule has 0 saturated carbocycles. The molecule has 140 valence electrons. The summed E-state index contributed by atoms with van der Waals surface area (Å²) >= 11 is 16.9. The van der Waals surface area contributed by atoms with Crippen molar-refractivity contribution in [2.45, 2.75) is 5.75 Å². The number of sulfone groups is 1. The van der Waals surface area contributed by atoms with Gasteiger partial charge in [-0.25, -0.2) is 8.42 Å². The molecule has 9 heteroatoms. The number of hydrogen-bond donors (Lipinski definition) is 1. The zero-order valence-corrected chi connectivity index (χ0v) is 17.0. The molecule has 1 amide bonds. The molecule has 1 fully saturated rings. The molecule has 0 spiro atoms. The number of amides is 1. The summed E-state index contributed by atoms with van der Waals surface area (Å²) in [4.78, 5) is 13.0. The smallest absolute Gasteiger partial charge is 0.246 e. The third kappa shape index (κ3) is 4.87. The summed E-state index contributed by atoms with van der Waals surface area (Å²) in [5, 5.41) is 3.66. The molecule has 0 bridgehead atoms. The van der Waals surface area contributed by atoms with Crippen LogP contribution >= 0.6 is 35.4 Å². The maximum atomic E-state index is 13.1. The number of benzene rings is 2. The van der Waals surface area contributed by atoms with Crippen LogP contribution in [-0.4, -0.2) is 30.9 Å². The highest BCUT2D eigenvalue weighted by atomic mass is 35.5. The summed E-state index contributed by atoms with van der Waals surface area (Å²) in [5.74, 6) is -0.512. The van der Waals surface area contributed by atoms with Gasteiger partial charge < -0.3 is 10.2 Å². The normalized spacial score (nSPS) is 15.2. The molecule has 3 rings (SSSR count). The van der Waals surface area contributed by atoms with Gasteiger partial charge in [-0.2, -0.15) is 0 Å². The lowest BCUT2D eigenvalue weighted by Crippen LogP contribution is -2.24. The number of nitrogens with zero attached hydrogens (tertiary/aromatic N) is 1. The van der Waals surface area contributed by atoms with Crippen molar-refractivity contribution in [3.05, 3.63) is 75.9 Å². The van der Waals surface area contributed by atoms with Crippen molar-refractivity contribution < 1.29 is 13.2 Å². The Morgan fingerprint density at radius 1 is 1.07 bits per heavy atom. The summed E-state index contributed by atoms with van der Waals surface area (Å²) in [7, 11) is -3.75. The largest absolute Gasteiger partial charge is 0.315 e. The molecule has 1 N–H and O–H groups in total. The average Bonchev–Trinajstić information content (AvgIpc) is 2.93. The molecular weight excluding hydrogens is 427 g/mol. The van der Waals surface area contributed by atoms with Crippen LogP contribution in [0.5, 0.6) is 0 Å². The first-order valence-corrected chi connectivity index (χ1v) is 10.6. The first-order chi connectivity index (χ1) is 12.7. The van der Waals surface area contributed by atoms with Gasteiger partial charge in [-0.15, -0.1) is 0 Å². The van der Waals surface area contributed by atoms with E-state index in [2.05, 4.69) is 5.32 Å². The van der Waals surface area contributed by atoms with Gasteiger partial charge in [0.1, 0.15) is 6.54 Å². The SMILES string of the molecule is O=C1CN(/C=C(\c2ccc(Cl)cc2)S(=O)(=O)Cc2ccc(Cl)cc2)C(=S)N1. The Kier molecular flexibility index (Phi) is 5.86. The van der Waals surface area contributed by atoms with Crippen molar-refractivity contribution in [3.8, 4) is 0 Å². The molecule has 27 heavy (non-hydrogen) atoms. The van der Waals surface area contributed by atoms with E-state index in [0.717, 1.165) is 0 Å². The molecule has 2 aromatic rings. The van der Waals surface area contributed by atoms with Gasteiger partial charge >= 0.3 is 0 Å². The van der Waals surface area contributed by atoms with Crippen LogP contribution in [0.2, 0.25) is 10.0 Å². The quantitative estimate of drug-likeness (QED) is 0.718. The third-order valence-corrected chi connectivity index (χ3v) is 6.39. The summed E-state index contributed by atoms with van der Waals surface area (Å²) in [6, 6.07) is 13.0. The van der Waals surface area contributed by atoms with Crippen LogP contribution in [0.25, 0.3) is 4.91 Å². The fourth-order valence-corrected chi connectivity index (χ4v) is 4.58. The topological polar surface area (TPSA) is 66.5 Å². The second-order valence-electron chi connectivity index (χ2n) is 5.87. The van der Waals surface area contributed by atoms with E-state index in [4.69, 9.17) is 35.4 Å². The highest BCUT2D eigenvalue weighted by molar-refractivity contribution is 7.99. The van der Waals surface area contributed by atoms with E-state index in [1.807, 2.05) is 0 Å². The molecule has 0 unspecified atom stereocenters. The van der Waals surface area contributed by atoms with Gasteiger partial charge in [0.2, 0.25) is 5.91 Å². The highest BCUT2D eigenvalue weighted by Gasteiger charge is 2.27. The molecule has 1 heterocycles. The molecule has 0 aromatic heterocycles. The van der Waals surface area contributed by atoms with Crippen LogP contribution in [0, 0.1) is 0 Å². The Morgan fingerprint density at radius 3 is 2.15 bits per heavy atom. The molecule has 2 aromatic carbocycles. The molecule has 1 aliphatic heterocycles. The van der Waals surface area contributed by atoms with E-state index >= 15 is 0 Å². The fraction of sp³-hybridized carbons (Fsp3) is 0.111. The molecular formula is C18H14Cl2N2O3S2. The molecule has 0 atom stereocenters. The van der Waals surface area contributed by atoms with Crippen LogP contribution in [-0.2, 0) is 20.4 Å². The van der Waals surface area contributed by atoms with E-state index in [-0.39, 0.29) is 28.2 Å². The minimum Gasteiger partial charge on any atom is -0.315 e. The minimum atomic E-state index is -3.75. The lowest BCUT2D eigenvalue weighted by atomic mass is 10.2. The molecule has 5 nitrogen and oxygen atoms in total. The van der Waals surface area contributed by atoms with Gasteiger partial charge in [0, 0.05) is 16.2 Å². The van der Waals surface area contributed by atoms with Gasteiger partial charge in [-0.3, -0.25) is 4.79 Å². The summed E-state index contributed by atoms with van der Waals surface area (Å²) in [6.07, 6.45) is 1.38. The van der Waals surface area contributed by atoms with Crippen LogP contribution in [0.3, 0.4) is 0 Å². The van der Waals surface area contributed by atoms with Gasteiger partial charge in [-0.05, 0) is 47.6 Å². The monoisotopic (exact) mass is 440 g/mol. The van der Waals surface area contributed by atoms with Crippen LogP contribution in [0.4, 0.5) is 0 Å². The van der Waals surface area contributed by atoms with Crippen molar-refractivity contribution >= 4 is 61.2 Å². The summed E-state index contributed by atoms with van der Waals surface area (Å²) in [6.45, 7) is -0.0353. The van der Waals surface area contributed by atoms with E-state index in [9.17, 15) is 13.2 Å². The average molecular weight is 441 g/mol. The Balaban J connectivity index is 2.02. The van der Waals surface area contributed by atoms with Crippen molar-refractivity contribution in [1.29, 1.82) is 0 Å². The minimum absolute atomic E-state index is 0.0353. The molecule has 0 radical (unpaired) electrons. The number of carbonyl (C=O) groups is 1. The van der Waals surface area contributed by atoms with Gasteiger partial charge in [0.15, 0.2) is 14.9 Å². The van der Waals surface area contributed by atoms with Crippen LogP contribution < -0.4 is 5.32 Å². The number of halogens is 2. The predicted molar refractivity (Wildman–Crippen MR) is 111 cm³/mol. The van der Waals surface area contributed by atoms with Gasteiger partial charge in [0.05, 0.1) is 10.7 Å². The number of hydrogen-bond acceptors (Lipinski definition) is 4.